The van der Waals surface area contributed by atoms with Crippen molar-refractivity contribution >= 4 is 23.2 Å². The molecule has 0 aromatic heterocycles. The highest BCUT2D eigenvalue weighted by Crippen LogP contribution is 2.40. The number of rotatable bonds is 5. The van der Waals surface area contributed by atoms with Crippen LogP contribution in [0.25, 0.3) is 0 Å². The lowest BCUT2D eigenvalue weighted by Gasteiger charge is -2.29. The van der Waals surface area contributed by atoms with Crippen molar-refractivity contribution in [2.75, 3.05) is 12.4 Å². The number of aryl methyl sites for hydroxylation is 1. The maximum atomic E-state index is 12.3. The number of amides is 1. The lowest BCUT2D eigenvalue weighted by Crippen LogP contribution is -2.20. The minimum atomic E-state index is 0.0867. The Morgan fingerprint density at radius 2 is 1.81 bits per heavy atom. The number of halogens is 1. The standard InChI is InChI=1S/C22H26ClNO2/c1-15-3-12-20(21(13-15)26-2)17-6-4-16(5-7-17)14-22(25)24-19-10-8-18(23)9-11-19/h3,8-13,16-17H,4-7,14H2,1-2H3,(H,24,25). The van der Waals surface area contributed by atoms with Gasteiger partial charge in [-0.3, -0.25) is 4.79 Å². The van der Waals surface area contributed by atoms with Crippen LogP contribution in [0.2, 0.25) is 5.02 Å². The van der Waals surface area contributed by atoms with Crippen LogP contribution in [0.3, 0.4) is 0 Å². The number of nitrogens with one attached hydrogen (secondary N) is 1. The third-order valence-corrected chi connectivity index (χ3v) is 5.53. The van der Waals surface area contributed by atoms with Crippen molar-refractivity contribution in [1.29, 1.82) is 0 Å². The second-order valence-electron chi connectivity index (χ2n) is 7.22. The van der Waals surface area contributed by atoms with Crippen LogP contribution in [0.5, 0.6) is 5.75 Å². The van der Waals surface area contributed by atoms with Gasteiger partial charge in [-0.05, 0) is 85.9 Å². The minimum Gasteiger partial charge on any atom is -0.496 e. The summed E-state index contributed by atoms with van der Waals surface area (Å²) in [5.41, 5.74) is 3.33. The van der Waals surface area contributed by atoms with E-state index >= 15 is 0 Å². The molecule has 2 aromatic rings. The molecular formula is C22H26ClNO2. The van der Waals surface area contributed by atoms with Crippen LogP contribution in [0.4, 0.5) is 5.69 Å². The van der Waals surface area contributed by atoms with Gasteiger partial charge in [0.1, 0.15) is 5.75 Å². The van der Waals surface area contributed by atoms with Crippen molar-refractivity contribution in [3.8, 4) is 5.75 Å². The second-order valence-corrected chi connectivity index (χ2v) is 7.66. The Morgan fingerprint density at radius 1 is 1.12 bits per heavy atom. The van der Waals surface area contributed by atoms with Gasteiger partial charge < -0.3 is 10.1 Å². The average molecular weight is 372 g/mol. The molecule has 138 valence electrons. The number of carbonyl (C=O) groups is 1. The molecule has 1 aliphatic carbocycles. The summed E-state index contributed by atoms with van der Waals surface area (Å²) in [6.45, 7) is 2.09. The molecule has 26 heavy (non-hydrogen) atoms. The normalized spacial score (nSPS) is 19.8. The number of hydrogen-bond acceptors (Lipinski definition) is 2. The lowest BCUT2D eigenvalue weighted by atomic mass is 9.77. The average Bonchev–Trinajstić information content (AvgIpc) is 2.64. The molecule has 0 saturated heterocycles. The molecule has 0 spiro atoms. The van der Waals surface area contributed by atoms with Crippen LogP contribution < -0.4 is 10.1 Å². The first kappa shape index (κ1) is 18.8. The summed E-state index contributed by atoms with van der Waals surface area (Å²) in [4.78, 5) is 12.3. The first-order chi connectivity index (χ1) is 12.5. The van der Waals surface area contributed by atoms with E-state index in [9.17, 15) is 4.79 Å². The molecule has 0 radical (unpaired) electrons. The smallest absolute Gasteiger partial charge is 0.224 e. The highest BCUT2D eigenvalue weighted by molar-refractivity contribution is 6.30. The van der Waals surface area contributed by atoms with Crippen molar-refractivity contribution in [1.82, 2.24) is 0 Å². The second kappa shape index (κ2) is 8.59. The zero-order valence-corrected chi connectivity index (χ0v) is 16.2. The predicted molar refractivity (Wildman–Crippen MR) is 107 cm³/mol. The van der Waals surface area contributed by atoms with Crippen LogP contribution in [-0.4, -0.2) is 13.0 Å². The number of carbonyl (C=O) groups excluding carboxylic acids is 1. The largest absolute Gasteiger partial charge is 0.496 e. The molecule has 1 aliphatic rings. The summed E-state index contributed by atoms with van der Waals surface area (Å²) >= 11 is 5.88. The Kier molecular flexibility index (Phi) is 6.20. The Balaban J connectivity index is 1.52. The zero-order valence-electron chi connectivity index (χ0n) is 15.4. The maximum absolute atomic E-state index is 12.3. The zero-order chi connectivity index (χ0) is 18.5. The fraction of sp³-hybridized carbons (Fsp3) is 0.409. The number of methoxy groups -OCH3 is 1. The van der Waals surface area contributed by atoms with Crippen LogP contribution in [0.15, 0.2) is 42.5 Å². The molecule has 0 atom stereocenters. The van der Waals surface area contributed by atoms with E-state index < -0.39 is 0 Å². The van der Waals surface area contributed by atoms with E-state index in [0.717, 1.165) is 37.1 Å². The summed E-state index contributed by atoms with van der Waals surface area (Å²) in [7, 11) is 1.74. The van der Waals surface area contributed by atoms with E-state index in [2.05, 4.69) is 30.4 Å². The number of benzene rings is 2. The SMILES string of the molecule is COc1cc(C)ccc1C1CCC(CC(=O)Nc2ccc(Cl)cc2)CC1. The molecular weight excluding hydrogens is 346 g/mol. The van der Waals surface area contributed by atoms with Gasteiger partial charge >= 0.3 is 0 Å². The Hall–Kier alpha value is -2.00. The molecule has 3 rings (SSSR count). The molecule has 1 N–H and O–H groups in total. The van der Waals surface area contributed by atoms with E-state index in [-0.39, 0.29) is 5.91 Å². The van der Waals surface area contributed by atoms with Gasteiger partial charge in [0.15, 0.2) is 0 Å². The van der Waals surface area contributed by atoms with Crippen LogP contribution in [0.1, 0.15) is 49.1 Å². The molecule has 0 bridgehead atoms. The first-order valence-corrected chi connectivity index (χ1v) is 9.63. The van der Waals surface area contributed by atoms with Crippen LogP contribution >= 0.6 is 11.6 Å². The minimum absolute atomic E-state index is 0.0867. The van der Waals surface area contributed by atoms with Gasteiger partial charge in [0.25, 0.3) is 0 Å². The van der Waals surface area contributed by atoms with Crippen molar-refractivity contribution in [2.24, 2.45) is 5.92 Å². The van der Waals surface area contributed by atoms with E-state index in [1.54, 1.807) is 19.2 Å². The van der Waals surface area contributed by atoms with E-state index in [4.69, 9.17) is 16.3 Å². The maximum Gasteiger partial charge on any atom is 0.224 e. The Bertz CT molecular complexity index is 749. The topological polar surface area (TPSA) is 38.3 Å². The van der Waals surface area contributed by atoms with E-state index in [1.807, 2.05) is 12.1 Å². The highest BCUT2D eigenvalue weighted by atomic mass is 35.5. The lowest BCUT2D eigenvalue weighted by molar-refractivity contribution is -0.117. The van der Waals surface area contributed by atoms with Gasteiger partial charge in [-0.1, -0.05) is 23.7 Å². The molecule has 1 amide bonds. The van der Waals surface area contributed by atoms with Crippen LogP contribution in [0, 0.1) is 12.8 Å². The molecule has 0 aliphatic heterocycles. The molecule has 1 fully saturated rings. The van der Waals surface area contributed by atoms with E-state index in [0.29, 0.717) is 23.3 Å². The van der Waals surface area contributed by atoms with Gasteiger partial charge in [-0.15, -0.1) is 0 Å². The fourth-order valence-corrected chi connectivity index (χ4v) is 3.97. The summed E-state index contributed by atoms with van der Waals surface area (Å²) < 4.78 is 5.57. The molecule has 4 heteroatoms. The van der Waals surface area contributed by atoms with E-state index in [1.165, 1.54) is 11.1 Å². The Morgan fingerprint density at radius 3 is 2.46 bits per heavy atom. The first-order valence-electron chi connectivity index (χ1n) is 9.25. The summed E-state index contributed by atoms with van der Waals surface area (Å²) in [5.74, 6) is 2.06. The third kappa shape index (κ3) is 4.79. The molecule has 0 unspecified atom stereocenters. The van der Waals surface area contributed by atoms with Gasteiger partial charge in [-0.25, -0.2) is 0 Å². The highest BCUT2D eigenvalue weighted by Gasteiger charge is 2.26. The van der Waals surface area contributed by atoms with Crippen molar-refractivity contribution in [3.05, 3.63) is 58.6 Å². The van der Waals surface area contributed by atoms with Gasteiger partial charge in [0.05, 0.1) is 7.11 Å². The van der Waals surface area contributed by atoms with Gasteiger partial charge in [-0.2, -0.15) is 0 Å². The molecule has 1 saturated carbocycles. The Labute approximate surface area is 160 Å². The summed E-state index contributed by atoms with van der Waals surface area (Å²) in [5, 5.41) is 3.64. The molecule has 0 heterocycles. The monoisotopic (exact) mass is 371 g/mol. The molecule has 3 nitrogen and oxygen atoms in total. The molecule has 2 aromatic carbocycles. The number of anilines is 1. The number of hydrogen-bond donors (Lipinski definition) is 1. The van der Waals surface area contributed by atoms with Crippen molar-refractivity contribution < 1.29 is 9.53 Å². The van der Waals surface area contributed by atoms with Crippen LogP contribution in [-0.2, 0) is 4.79 Å². The number of ether oxygens (including phenoxy) is 1. The van der Waals surface area contributed by atoms with Crippen molar-refractivity contribution in [3.63, 3.8) is 0 Å². The summed E-state index contributed by atoms with van der Waals surface area (Å²) in [6, 6.07) is 13.7. The third-order valence-electron chi connectivity index (χ3n) is 5.28. The van der Waals surface area contributed by atoms with Gasteiger partial charge in [0.2, 0.25) is 5.91 Å². The fourth-order valence-electron chi connectivity index (χ4n) is 3.84. The summed E-state index contributed by atoms with van der Waals surface area (Å²) in [6.07, 6.45) is 4.96. The van der Waals surface area contributed by atoms with Crippen molar-refractivity contribution in [2.45, 2.75) is 44.9 Å². The quantitative estimate of drug-likeness (QED) is 0.704. The van der Waals surface area contributed by atoms with Gasteiger partial charge in [0, 0.05) is 17.1 Å². The predicted octanol–water partition coefficient (Wildman–Crippen LogP) is 5.96.